The van der Waals surface area contributed by atoms with E-state index in [-0.39, 0.29) is 11.3 Å². The zero-order valence-corrected chi connectivity index (χ0v) is 9.63. The largest absolute Gasteiger partial charge is 0.507 e. The van der Waals surface area contributed by atoms with Gasteiger partial charge in [0, 0.05) is 13.2 Å². The van der Waals surface area contributed by atoms with Gasteiger partial charge in [-0.05, 0) is 24.3 Å². The molecule has 4 nitrogen and oxygen atoms in total. The molecular weight excluding hydrogens is 233 g/mol. The van der Waals surface area contributed by atoms with Crippen molar-refractivity contribution in [3.63, 3.8) is 0 Å². The maximum absolute atomic E-state index is 13.8. The highest BCUT2D eigenvalue weighted by molar-refractivity contribution is 5.78. The Hall–Kier alpha value is -2.43. The van der Waals surface area contributed by atoms with E-state index in [0.29, 0.717) is 11.5 Å². The van der Waals surface area contributed by atoms with Crippen LogP contribution in [0.15, 0.2) is 36.5 Å². The number of hydrogen-bond donors (Lipinski definition) is 1. The van der Waals surface area contributed by atoms with Crippen molar-refractivity contribution in [3.8, 4) is 17.1 Å². The van der Waals surface area contributed by atoms with Crippen LogP contribution in [-0.2, 0) is 7.05 Å². The number of phenols is 1. The van der Waals surface area contributed by atoms with Gasteiger partial charge in [-0.15, -0.1) is 0 Å². The number of aryl methyl sites for hydroxylation is 1. The fraction of sp³-hybridized carbons (Fsp3) is 0.0769. The van der Waals surface area contributed by atoms with Crippen LogP contribution < -0.4 is 0 Å². The Morgan fingerprint density at radius 1 is 1.22 bits per heavy atom. The number of rotatable bonds is 1. The summed E-state index contributed by atoms with van der Waals surface area (Å²) >= 11 is 0. The summed E-state index contributed by atoms with van der Waals surface area (Å²) in [5.74, 6) is -0.277. The SMILES string of the molecule is Cn1c(-c2c(O)cccc2F)nc2ncccc21. The number of phenolic OH excluding ortho intramolecular Hbond substituents is 1. The predicted molar refractivity (Wildman–Crippen MR) is 65.6 cm³/mol. The third kappa shape index (κ3) is 1.44. The molecule has 0 spiro atoms. The number of halogens is 1. The molecule has 2 heterocycles. The van der Waals surface area contributed by atoms with Crippen molar-refractivity contribution in [2.24, 2.45) is 7.05 Å². The monoisotopic (exact) mass is 243 g/mol. The molecule has 0 aliphatic rings. The van der Waals surface area contributed by atoms with Crippen molar-refractivity contribution < 1.29 is 9.50 Å². The Labute approximate surface area is 102 Å². The molecule has 90 valence electrons. The zero-order chi connectivity index (χ0) is 12.7. The fourth-order valence-electron chi connectivity index (χ4n) is 1.98. The maximum Gasteiger partial charge on any atom is 0.178 e. The first kappa shape index (κ1) is 10.7. The minimum absolute atomic E-state index is 0.0954. The van der Waals surface area contributed by atoms with E-state index in [9.17, 15) is 9.50 Å². The first-order valence-electron chi connectivity index (χ1n) is 5.44. The van der Waals surface area contributed by atoms with Crippen LogP contribution in [0.5, 0.6) is 5.75 Å². The topological polar surface area (TPSA) is 50.9 Å². The Balaban J connectivity index is 2.36. The smallest absolute Gasteiger partial charge is 0.178 e. The lowest BCUT2D eigenvalue weighted by atomic mass is 10.2. The summed E-state index contributed by atoms with van der Waals surface area (Å²) in [6.45, 7) is 0. The highest BCUT2D eigenvalue weighted by Crippen LogP contribution is 2.32. The second-order valence-electron chi connectivity index (χ2n) is 3.97. The Kier molecular flexibility index (Phi) is 2.26. The Morgan fingerprint density at radius 2 is 2.06 bits per heavy atom. The lowest BCUT2D eigenvalue weighted by Gasteiger charge is -2.05. The van der Waals surface area contributed by atoms with Gasteiger partial charge < -0.3 is 9.67 Å². The molecule has 0 atom stereocenters. The van der Waals surface area contributed by atoms with E-state index >= 15 is 0 Å². The van der Waals surface area contributed by atoms with Gasteiger partial charge in [0.15, 0.2) is 5.65 Å². The van der Waals surface area contributed by atoms with Crippen molar-refractivity contribution in [1.29, 1.82) is 0 Å². The molecule has 3 aromatic rings. The van der Waals surface area contributed by atoms with E-state index in [1.54, 1.807) is 23.9 Å². The van der Waals surface area contributed by atoms with Gasteiger partial charge >= 0.3 is 0 Å². The molecule has 0 saturated carbocycles. The van der Waals surface area contributed by atoms with Crippen molar-refractivity contribution in [1.82, 2.24) is 14.5 Å². The number of pyridine rings is 1. The van der Waals surface area contributed by atoms with Gasteiger partial charge in [0.25, 0.3) is 0 Å². The second-order valence-corrected chi connectivity index (χ2v) is 3.97. The summed E-state index contributed by atoms with van der Waals surface area (Å²) < 4.78 is 15.5. The summed E-state index contributed by atoms with van der Waals surface area (Å²) in [6.07, 6.45) is 1.63. The lowest BCUT2D eigenvalue weighted by molar-refractivity contribution is 0.471. The highest BCUT2D eigenvalue weighted by Gasteiger charge is 2.17. The summed E-state index contributed by atoms with van der Waals surface area (Å²) in [5.41, 5.74) is 1.41. The van der Waals surface area contributed by atoms with Crippen LogP contribution in [0.25, 0.3) is 22.6 Å². The van der Waals surface area contributed by atoms with Gasteiger partial charge in [0.05, 0.1) is 11.1 Å². The second kappa shape index (κ2) is 3.80. The first-order valence-corrected chi connectivity index (χ1v) is 5.44. The van der Waals surface area contributed by atoms with Gasteiger partial charge in [-0.1, -0.05) is 6.07 Å². The molecule has 0 amide bonds. The molecule has 0 radical (unpaired) electrons. The fourth-order valence-corrected chi connectivity index (χ4v) is 1.98. The third-order valence-corrected chi connectivity index (χ3v) is 2.87. The van der Waals surface area contributed by atoms with E-state index in [0.717, 1.165) is 5.52 Å². The summed E-state index contributed by atoms with van der Waals surface area (Å²) in [7, 11) is 1.76. The molecule has 18 heavy (non-hydrogen) atoms. The molecule has 0 saturated heterocycles. The van der Waals surface area contributed by atoms with Gasteiger partial charge in [-0.3, -0.25) is 0 Å². The molecule has 2 aromatic heterocycles. The molecule has 3 rings (SSSR count). The maximum atomic E-state index is 13.8. The average Bonchev–Trinajstić information content (AvgIpc) is 2.68. The van der Waals surface area contributed by atoms with Gasteiger partial charge in [-0.25, -0.2) is 14.4 Å². The van der Waals surface area contributed by atoms with Crippen molar-refractivity contribution in [3.05, 3.63) is 42.3 Å². The third-order valence-electron chi connectivity index (χ3n) is 2.87. The van der Waals surface area contributed by atoms with Crippen molar-refractivity contribution in [2.45, 2.75) is 0 Å². The molecule has 5 heteroatoms. The number of aromatic hydroxyl groups is 1. The predicted octanol–water partition coefficient (Wildman–Crippen LogP) is 2.48. The van der Waals surface area contributed by atoms with Crippen LogP contribution in [0, 0.1) is 5.82 Å². The molecule has 1 aromatic carbocycles. The minimum Gasteiger partial charge on any atom is -0.507 e. The quantitative estimate of drug-likeness (QED) is 0.714. The normalized spacial score (nSPS) is 11.0. The lowest BCUT2D eigenvalue weighted by Crippen LogP contribution is -1.95. The molecule has 0 unspecified atom stereocenters. The molecule has 0 bridgehead atoms. The summed E-state index contributed by atoms with van der Waals surface area (Å²) in [6, 6.07) is 7.81. The van der Waals surface area contributed by atoms with Gasteiger partial charge in [0.1, 0.15) is 17.4 Å². The van der Waals surface area contributed by atoms with Crippen LogP contribution in [0.3, 0.4) is 0 Å². The van der Waals surface area contributed by atoms with Gasteiger partial charge in [0.2, 0.25) is 0 Å². The number of imidazole rings is 1. The first-order chi connectivity index (χ1) is 8.68. The number of fused-ring (bicyclic) bond motifs is 1. The van der Waals surface area contributed by atoms with E-state index in [1.165, 1.54) is 18.2 Å². The van der Waals surface area contributed by atoms with Crippen LogP contribution in [-0.4, -0.2) is 19.6 Å². The van der Waals surface area contributed by atoms with E-state index < -0.39 is 5.82 Å². The number of nitrogens with zero attached hydrogens (tertiary/aromatic N) is 3. The molecular formula is C13H10FN3O. The molecule has 1 N–H and O–H groups in total. The Morgan fingerprint density at radius 3 is 2.78 bits per heavy atom. The molecule has 0 aliphatic carbocycles. The van der Waals surface area contributed by atoms with Crippen molar-refractivity contribution in [2.75, 3.05) is 0 Å². The van der Waals surface area contributed by atoms with Crippen LogP contribution >= 0.6 is 0 Å². The molecule has 0 aliphatic heterocycles. The number of benzene rings is 1. The van der Waals surface area contributed by atoms with Crippen LogP contribution in [0.2, 0.25) is 0 Å². The number of aromatic nitrogens is 3. The standard InChI is InChI=1S/C13H10FN3O/c1-17-9-5-3-7-15-12(9)16-13(17)11-8(14)4-2-6-10(11)18/h2-7,18H,1H3. The highest BCUT2D eigenvalue weighted by atomic mass is 19.1. The van der Waals surface area contributed by atoms with Crippen LogP contribution in [0.4, 0.5) is 4.39 Å². The van der Waals surface area contributed by atoms with E-state index in [4.69, 9.17) is 0 Å². The number of hydrogen-bond acceptors (Lipinski definition) is 3. The summed E-state index contributed by atoms with van der Waals surface area (Å²) in [4.78, 5) is 8.37. The Bertz CT molecular complexity index is 716. The van der Waals surface area contributed by atoms with E-state index in [2.05, 4.69) is 9.97 Å². The van der Waals surface area contributed by atoms with Gasteiger partial charge in [-0.2, -0.15) is 0 Å². The van der Waals surface area contributed by atoms with E-state index in [1.807, 2.05) is 6.07 Å². The zero-order valence-electron chi connectivity index (χ0n) is 9.63. The average molecular weight is 243 g/mol. The van der Waals surface area contributed by atoms with Crippen molar-refractivity contribution >= 4 is 11.2 Å². The minimum atomic E-state index is -0.506. The summed E-state index contributed by atoms with van der Waals surface area (Å²) in [5, 5.41) is 9.78. The molecule has 0 fully saturated rings. The van der Waals surface area contributed by atoms with Crippen LogP contribution in [0.1, 0.15) is 0 Å².